The molecule has 9 rings (SSSR count). The molecule has 9 aromatic rings. The van der Waals surface area contributed by atoms with Gasteiger partial charge < -0.3 is 0 Å². The van der Waals surface area contributed by atoms with E-state index in [0.29, 0.717) is 17.5 Å². The van der Waals surface area contributed by atoms with E-state index in [0.717, 1.165) is 44.5 Å². The zero-order valence-electron chi connectivity index (χ0n) is 29.5. The summed E-state index contributed by atoms with van der Waals surface area (Å²) in [5, 5.41) is 0. The number of aromatic nitrogens is 3. The molecule has 1 heterocycles. The summed E-state index contributed by atoms with van der Waals surface area (Å²) in [4.78, 5) is 15.1. The highest BCUT2D eigenvalue weighted by Crippen LogP contribution is 2.34. The molecular formula is C51H35N3. The largest absolute Gasteiger partial charge is 0.208 e. The summed E-state index contributed by atoms with van der Waals surface area (Å²) in [7, 11) is 0. The van der Waals surface area contributed by atoms with Crippen molar-refractivity contribution in [2.24, 2.45) is 0 Å². The molecule has 0 fully saturated rings. The third-order valence-electron chi connectivity index (χ3n) is 9.71. The van der Waals surface area contributed by atoms with E-state index < -0.39 is 0 Å². The van der Waals surface area contributed by atoms with Crippen molar-refractivity contribution in [2.45, 2.75) is 0 Å². The molecule has 0 amide bonds. The summed E-state index contributed by atoms with van der Waals surface area (Å²) in [6.45, 7) is 0. The van der Waals surface area contributed by atoms with Gasteiger partial charge in [0.1, 0.15) is 0 Å². The van der Waals surface area contributed by atoms with Crippen LogP contribution >= 0.6 is 0 Å². The van der Waals surface area contributed by atoms with E-state index in [1.807, 2.05) is 36.4 Å². The molecule has 3 heteroatoms. The normalized spacial score (nSPS) is 11.0. The Balaban J connectivity index is 1.07. The Bertz CT molecular complexity index is 2700. The molecule has 0 aliphatic heterocycles. The predicted octanol–water partition coefficient (Wildman–Crippen LogP) is 13.2. The van der Waals surface area contributed by atoms with E-state index in [1.54, 1.807) is 0 Å². The minimum Gasteiger partial charge on any atom is -0.208 e. The summed E-state index contributed by atoms with van der Waals surface area (Å²) >= 11 is 0. The third-order valence-corrected chi connectivity index (χ3v) is 9.71. The van der Waals surface area contributed by atoms with Gasteiger partial charge in [-0.05, 0) is 86.0 Å². The monoisotopic (exact) mass is 689 g/mol. The van der Waals surface area contributed by atoms with E-state index >= 15 is 0 Å². The number of nitrogens with zero attached hydrogens (tertiary/aromatic N) is 3. The topological polar surface area (TPSA) is 38.7 Å². The van der Waals surface area contributed by atoms with Crippen LogP contribution in [0, 0.1) is 0 Å². The smallest absolute Gasteiger partial charge is 0.164 e. The van der Waals surface area contributed by atoms with Crippen LogP contribution in [-0.4, -0.2) is 15.0 Å². The van der Waals surface area contributed by atoms with Gasteiger partial charge in [-0.2, -0.15) is 0 Å². The lowest BCUT2D eigenvalue weighted by Crippen LogP contribution is -2.00. The van der Waals surface area contributed by atoms with E-state index in [1.165, 1.54) is 27.8 Å². The van der Waals surface area contributed by atoms with Crippen LogP contribution in [0.15, 0.2) is 212 Å². The second-order valence-corrected chi connectivity index (χ2v) is 13.3. The molecule has 254 valence electrons. The van der Waals surface area contributed by atoms with Crippen molar-refractivity contribution in [1.29, 1.82) is 0 Å². The molecule has 0 radical (unpaired) electrons. The maximum absolute atomic E-state index is 5.08. The van der Waals surface area contributed by atoms with Gasteiger partial charge in [-0.15, -0.1) is 0 Å². The zero-order chi connectivity index (χ0) is 36.1. The van der Waals surface area contributed by atoms with Gasteiger partial charge in [-0.1, -0.05) is 182 Å². The van der Waals surface area contributed by atoms with Gasteiger partial charge in [0.25, 0.3) is 0 Å². The second kappa shape index (κ2) is 14.8. The van der Waals surface area contributed by atoms with Crippen molar-refractivity contribution in [3.05, 3.63) is 212 Å². The highest BCUT2D eigenvalue weighted by atomic mass is 15.0. The minimum absolute atomic E-state index is 0.632. The first-order valence-electron chi connectivity index (χ1n) is 18.2. The minimum atomic E-state index is 0.632. The summed E-state index contributed by atoms with van der Waals surface area (Å²) in [5.74, 6) is 1.91. The molecule has 1 aromatic heterocycles. The Morgan fingerprint density at radius 2 is 0.370 bits per heavy atom. The van der Waals surface area contributed by atoms with Crippen molar-refractivity contribution < 1.29 is 0 Å². The lowest BCUT2D eigenvalue weighted by Gasteiger charge is -2.11. The van der Waals surface area contributed by atoms with Crippen molar-refractivity contribution in [2.75, 3.05) is 0 Å². The van der Waals surface area contributed by atoms with Gasteiger partial charge >= 0.3 is 0 Å². The van der Waals surface area contributed by atoms with Crippen LogP contribution in [0.25, 0.3) is 89.8 Å². The molecule has 3 nitrogen and oxygen atoms in total. The molecular weight excluding hydrogens is 655 g/mol. The highest BCUT2D eigenvalue weighted by molar-refractivity contribution is 5.80. The van der Waals surface area contributed by atoms with Crippen LogP contribution in [0.4, 0.5) is 0 Å². The van der Waals surface area contributed by atoms with Gasteiger partial charge in [-0.25, -0.2) is 15.0 Å². The van der Waals surface area contributed by atoms with Crippen molar-refractivity contribution in [3.8, 4) is 89.8 Å². The number of benzene rings is 8. The average Bonchev–Trinajstić information content (AvgIpc) is 3.27. The first-order chi connectivity index (χ1) is 26.7. The highest BCUT2D eigenvalue weighted by Gasteiger charge is 2.14. The van der Waals surface area contributed by atoms with Crippen LogP contribution in [0.1, 0.15) is 0 Å². The molecule has 0 saturated heterocycles. The van der Waals surface area contributed by atoms with E-state index in [9.17, 15) is 0 Å². The molecule has 0 aliphatic carbocycles. The molecule has 0 unspecified atom stereocenters. The summed E-state index contributed by atoms with van der Waals surface area (Å²) in [6, 6.07) is 74.2. The fourth-order valence-electron chi connectivity index (χ4n) is 6.92. The molecule has 0 bridgehead atoms. The summed E-state index contributed by atoms with van der Waals surface area (Å²) in [6.07, 6.45) is 0. The summed E-state index contributed by atoms with van der Waals surface area (Å²) in [5.41, 5.74) is 14.4. The molecule has 0 aliphatic rings. The average molecular weight is 690 g/mol. The molecule has 0 saturated carbocycles. The lowest BCUT2D eigenvalue weighted by molar-refractivity contribution is 1.07. The van der Waals surface area contributed by atoms with Crippen molar-refractivity contribution >= 4 is 0 Å². The Labute approximate surface area is 316 Å². The van der Waals surface area contributed by atoms with E-state index in [4.69, 9.17) is 15.0 Å². The maximum Gasteiger partial charge on any atom is 0.164 e. The number of hydrogen-bond donors (Lipinski definition) is 0. The fraction of sp³-hybridized carbons (Fsp3) is 0. The molecule has 8 aromatic carbocycles. The van der Waals surface area contributed by atoms with Crippen LogP contribution in [0.2, 0.25) is 0 Å². The van der Waals surface area contributed by atoms with Gasteiger partial charge in [-0.3, -0.25) is 0 Å². The third kappa shape index (κ3) is 6.99. The quantitative estimate of drug-likeness (QED) is 0.159. The van der Waals surface area contributed by atoms with Crippen LogP contribution in [-0.2, 0) is 0 Å². The van der Waals surface area contributed by atoms with Crippen molar-refractivity contribution in [1.82, 2.24) is 15.0 Å². The Morgan fingerprint density at radius 1 is 0.167 bits per heavy atom. The second-order valence-electron chi connectivity index (χ2n) is 13.3. The maximum atomic E-state index is 5.08. The van der Waals surface area contributed by atoms with Gasteiger partial charge in [0.2, 0.25) is 0 Å². The van der Waals surface area contributed by atoms with Gasteiger partial charge in [0, 0.05) is 16.7 Å². The Kier molecular flexibility index (Phi) is 8.94. The predicted molar refractivity (Wildman–Crippen MR) is 223 cm³/mol. The fourth-order valence-corrected chi connectivity index (χ4v) is 6.92. The molecule has 0 atom stereocenters. The molecule has 0 N–H and O–H groups in total. The van der Waals surface area contributed by atoms with Crippen LogP contribution < -0.4 is 0 Å². The van der Waals surface area contributed by atoms with E-state index in [-0.39, 0.29) is 0 Å². The number of hydrogen-bond acceptors (Lipinski definition) is 3. The van der Waals surface area contributed by atoms with Crippen molar-refractivity contribution in [3.63, 3.8) is 0 Å². The first-order valence-corrected chi connectivity index (χ1v) is 18.2. The van der Waals surface area contributed by atoms with Crippen LogP contribution in [0.3, 0.4) is 0 Å². The number of rotatable bonds is 8. The molecule has 54 heavy (non-hydrogen) atoms. The van der Waals surface area contributed by atoms with E-state index in [2.05, 4.69) is 176 Å². The Hall–Kier alpha value is -7.23. The molecule has 0 spiro atoms. The van der Waals surface area contributed by atoms with Crippen LogP contribution in [0.5, 0.6) is 0 Å². The standard InChI is InChI=1S/C51H35N3/c1-4-15-36(16-5-1)39-21-10-23-41(31-39)42-24-11-25-43(32-42)44-26-12-27-45(33-44)46-28-14-30-48(35-46)51-53-49(38-19-8-3-9-20-38)52-50(54-51)47-29-13-22-40(34-47)37-17-6-2-7-18-37/h1-35H. The first kappa shape index (κ1) is 32.7. The Morgan fingerprint density at radius 3 is 0.685 bits per heavy atom. The van der Waals surface area contributed by atoms with Gasteiger partial charge in [0.05, 0.1) is 0 Å². The summed E-state index contributed by atoms with van der Waals surface area (Å²) < 4.78 is 0. The zero-order valence-corrected chi connectivity index (χ0v) is 29.5. The lowest BCUT2D eigenvalue weighted by atomic mass is 9.94. The SMILES string of the molecule is c1ccc(-c2cccc(-c3cccc(-c4cccc(-c5cccc(-c6nc(-c7ccccc7)nc(-c7cccc(-c8ccccc8)c7)n6)c5)c4)c3)c2)cc1. The van der Waals surface area contributed by atoms with Gasteiger partial charge in [0.15, 0.2) is 17.5 Å².